The maximum absolute atomic E-state index is 12.3. The van der Waals surface area contributed by atoms with Gasteiger partial charge in [0.15, 0.2) is 0 Å². The van der Waals surface area contributed by atoms with E-state index in [1.54, 1.807) is 0 Å². The molecule has 2 unspecified atom stereocenters. The Balaban J connectivity index is 1.39. The van der Waals surface area contributed by atoms with Gasteiger partial charge in [-0.25, -0.2) is 0 Å². The van der Waals surface area contributed by atoms with E-state index in [0.717, 1.165) is 25.4 Å². The number of allylic oxidation sites excluding steroid dienone is 2. The number of carboxylic acids is 1. The van der Waals surface area contributed by atoms with Crippen LogP contribution in [0.1, 0.15) is 25.7 Å². The van der Waals surface area contributed by atoms with Crippen LogP contribution in [0.25, 0.3) is 0 Å². The minimum absolute atomic E-state index is 0.0325. The van der Waals surface area contributed by atoms with Gasteiger partial charge in [-0.1, -0.05) is 12.2 Å². The smallest absolute Gasteiger partial charge is 0.307 e. The molecule has 0 radical (unpaired) electrons. The minimum Gasteiger partial charge on any atom is -0.481 e. The van der Waals surface area contributed by atoms with Crippen LogP contribution < -0.4 is 5.32 Å². The lowest BCUT2D eigenvalue weighted by atomic mass is 9.82. The zero-order valence-electron chi connectivity index (χ0n) is 12.2. The van der Waals surface area contributed by atoms with Crippen LogP contribution >= 0.6 is 0 Å². The maximum atomic E-state index is 12.3. The summed E-state index contributed by atoms with van der Waals surface area (Å²) in [7, 11) is 0. The molecule has 0 aromatic heterocycles. The third kappa shape index (κ3) is 3.28. The Morgan fingerprint density at radius 3 is 2.57 bits per heavy atom. The molecule has 0 aliphatic heterocycles. The highest BCUT2D eigenvalue weighted by Crippen LogP contribution is 2.48. The summed E-state index contributed by atoms with van der Waals surface area (Å²) >= 11 is 0. The molecule has 0 aromatic rings. The summed E-state index contributed by atoms with van der Waals surface area (Å²) < 4.78 is 5.52. The average Bonchev–Trinajstić information content (AvgIpc) is 3.05. The molecule has 3 aliphatic carbocycles. The second kappa shape index (κ2) is 6.18. The summed E-state index contributed by atoms with van der Waals surface area (Å²) in [5, 5.41) is 12.2. The maximum Gasteiger partial charge on any atom is 0.307 e. The van der Waals surface area contributed by atoms with Crippen LogP contribution in [0.3, 0.4) is 0 Å². The van der Waals surface area contributed by atoms with Crippen molar-refractivity contribution in [2.75, 3.05) is 19.8 Å². The molecule has 0 heterocycles. The van der Waals surface area contributed by atoms with Crippen molar-refractivity contribution in [2.45, 2.75) is 25.7 Å². The Morgan fingerprint density at radius 1 is 1.19 bits per heavy atom. The number of hydrogen-bond acceptors (Lipinski definition) is 3. The van der Waals surface area contributed by atoms with E-state index in [1.807, 2.05) is 12.2 Å². The Hall–Kier alpha value is -1.36. The lowest BCUT2D eigenvalue weighted by molar-refractivity contribution is -0.147. The molecule has 2 fully saturated rings. The van der Waals surface area contributed by atoms with Gasteiger partial charge in [0.25, 0.3) is 0 Å². The normalized spacial score (nSPS) is 33.3. The number of carboxylic acid groups (broad SMARTS) is 1. The number of rotatable bonds is 8. The van der Waals surface area contributed by atoms with Crippen LogP contribution in [-0.2, 0) is 14.3 Å². The summed E-state index contributed by atoms with van der Waals surface area (Å²) in [5.41, 5.74) is 0. The van der Waals surface area contributed by atoms with Crippen molar-refractivity contribution in [3.8, 4) is 0 Å². The highest BCUT2D eigenvalue weighted by molar-refractivity contribution is 5.86. The van der Waals surface area contributed by atoms with Gasteiger partial charge in [0.1, 0.15) is 0 Å². The predicted molar refractivity (Wildman–Crippen MR) is 76.5 cm³/mol. The molecular weight excluding hydrogens is 270 g/mol. The summed E-state index contributed by atoms with van der Waals surface area (Å²) in [6.07, 6.45) is 8.12. The fourth-order valence-corrected chi connectivity index (χ4v) is 3.55. The van der Waals surface area contributed by atoms with E-state index in [1.165, 1.54) is 12.8 Å². The van der Waals surface area contributed by atoms with Gasteiger partial charge in [-0.05, 0) is 43.4 Å². The molecule has 0 spiro atoms. The molecule has 21 heavy (non-hydrogen) atoms. The summed E-state index contributed by atoms with van der Waals surface area (Å²) in [6.45, 7) is 2.06. The lowest BCUT2D eigenvalue weighted by Crippen LogP contribution is -2.40. The van der Waals surface area contributed by atoms with E-state index in [0.29, 0.717) is 13.2 Å². The molecule has 3 rings (SSSR count). The first-order chi connectivity index (χ1) is 10.2. The van der Waals surface area contributed by atoms with Crippen molar-refractivity contribution in [3.05, 3.63) is 12.2 Å². The number of amides is 1. The fraction of sp³-hybridized carbons (Fsp3) is 0.750. The zero-order chi connectivity index (χ0) is 14.8. The van der Waals surface area contributed by atoms with Gasteiger partial charge < -0.3 is 15.2 Å². The molecule has 116 valence electrons. The van der Waals surface area contributed by atoms with Gasteiger partial charge in [-0.2, -0.15) is 0 Å². The Bertz CT molecular complexity index is 444. The number of nitrogens with one attached hydrogen (secondary N) is 1. The van der Waals surface area contributed by atoms with Crippen LogP contribution in [0.2, 0.25) is 0 Å². The standard InChI is InChI=1S/C16H23NO4/c18-15(17-6-1-7-21-9-10-2-3-10)13-11-4-5-12(8-11)14(13)16(19)20/h4-5,10-14H,1-3,6-9H2,(H,17,18)(H,19,20)/t11?,12?,13-,14+/m0/s1. The minimum atomic E-state index is -0.847. The van der Waals surface area contributed by atoms with Crippen LogP contribution in [0.4, 0.5) is 0 Å². The third-order valence-electron chi connectivity index (χ3n) is 4.86. The lowest BCUT2D eigenvalue weighted by Gasteiger charge is -2.23. The average molecular weight is 293 g/mol. The number of ether oxygens (including phenoxy) is 1. The zero-order valence-corrected chi connectivity index (χ0v) is 12.2. The number of carbonyl (C=O) groups is 2. The number of fused-ring (bicyclic) bond motifs is 2. The topological polar surface area (TPSA) is 75.6 Å². The van der Waals surface area contributed by atoms with E-state index in [2.05, 4.69) is 5.32 Å². The number of carbonyl (C=O) groups excluding carboxylic acids is 1. The van der Waals surface area contributed by atoms with Crippen LogP contribution in [-0.4, -0.2) is 36.7 Å². The van der Waals surface area contributed by atoms with Gasteiger partial charge in [-0.3, -0.25) is 9.59 Å². The van der Waals surface area contributed by atoms with E-state index in [4.69, 9.17) is 4.74 Å². The highest BCUT2D eigenvalue weighted by Gasteiger charge is 2.51. The molecule has 0 saturated heterocycles. The Kier molecular flexibility index (Phi) is 4.29. The van der Waals surface area contributed by atoms with Crippen LogP contribution in [0, 0.1) is 29.6 Å². The molecule has 5 nitrogen and oxygen atoms in total. The molecule has 2 saturated carbocycles. The fourth-order valence-electron chi connectivity index (χ4n) is 3.55. The highest BCUT2D eigenvalue weighted by atomic mass is 16.5. The van der Waals surface area contributed by atoms with E-state index < -0.39 is 17.8 Å². The summed E-state index contributed by atoms with van der Waals surface area (Å²) in [6, 6.07) is 0. The van der Waals surface area contributed by atoms with Crippen molar-refractivity contribution in [2.24, 2.45) is 29.6 Å². The molecule has 4 atom stereocenters. The van der Waals surface area contributed by atoms with E-state index in [-0.39, 0.29) is 17.7 Å². The Labute approximate surface area is 124 Å². The SMILES string of the molecule is O=C(O)[C@@H]1C2C=CC(C2)[C@@H]1C(=O)NCCCOCC1CC1. The largest absolute Gasteiger partial charge is 0.481 e. The molecule has 0 aromatic carbocycles. The molecule has 5 heteroatoms. The van der Waals surface area contributed by atoms with E-state index in [9.17, 15) is 14.7 Å². The van der Waals surface area contributed by atoms with Crippen molar-refractivity contribution in [1.29, 1.82) is 0 Å². The molecular formula is C16H23NO4. The van der Waals surface area contributed by atoms with Crippen molar-refractivity contribution >= 4 is 11.9 Å². The Morgan fingerprint density at radius 2 is 1.90 bits per heavy atom. The summed E-state index contributed by atoms with van der Waals surface area (Å²) in [5.74, 6) is -1.01. The second-order valence-electron chi connectivity index (χ2n) is 6.50. The third-order valence-corrected chi connectivity index (χ3v) is 4.86. The quantitative estimate of drug-likeness (QED) is 0.524. The van der Waals surface area contributed by atoms with Gasteiger partial charge >= 0.3 is 5.97 Å². The van der Waals surface area contributed by atoms with E-state index >= 15 is 0 Å². The second-order valence-corrected chi connectivity index (χ2v) is 6.50. The number of aliphatic carboxylic acids is 1. The van der Waals surface area contributed by atoms with Crippen molar-refractivity contribution < 1.29 is 19.4 Å². The molecule has 2 N–H and O–H groups in total. The first-order valence-corrected chi connectivity index (χ1v) is 7.93. The predicted octanol–water partition coefficient (Wildman–Crippen LogP) is 1.44. The first-order valence-electron chi connectivity index (χ1n) is 7.93. The summed E-state index contributed by atoms with van der Waals surface area (Å²) in [4.78, 5) is 23.6. The van der Waals surface area contributed by atoms with Gasteiger partial charge in [0.05, 0.1) is 11.8 Å². The van der Waals surface area contributed by atoms with Gasteiger partial charge in [0.2, 0.25) is 5.91 Å². The monoisotopic (exact) mass is 293 g/mol. The van der Waals surface area contributed by atoms with Crippen molar-refractivity contribution in [1.82, 2.24) is 5.32 Å². The van der Waals surface area contributed by atoms with Crippen LogP contribution in [0.5, 0.6) is 0 Å². The van der Waals surface area contributed by atoms with Crippen molar-refractivity contribution in [3.63, 3.8) is 0 Å². The molecule has 2 bridgehead atoms. The van der Waals surface area contributed by atoms with Gasteiger partial charge in [0, 0.05) is 19.8 Å². The van der Waals surface area contributed by atoms with Crippen LogP contribution in [0.15, 0.2) is 12.2 Å². The first kappa shape index (κ1) is 14.6. The number of hydrogen-bond donors (Lipinski definition) is 2. The van der Waals surface area contributed by atoms with Gasteiger partial charge in [-0.15, -0.1) is 0 Å². The molecule has 1 amide bonds. The molecule has 3 aliphatic rings.